The summed E-state index contributed by atoms with van der Waals surface area (Å²) in [5.41, 5.74) is 0.314. The number of likely N-dealkylation sites (N-methyl/N-ethyl adjacent to an activating group) is 1. The molecule has 3 aromatic rings. The maximum absolute atomic E-state index is 12.9. The number of pyridine rings is 1. The van der Waals surface area contributed by atoms with Gasteiger partial charge in [-0.3, -0.25) is 9.48 Å². The van der Waals surface area contributed by atoms with Crippen molar-refractivity contribution in [3.63, 3.8) is 0 Å². The maximum atomic E-state index is 12.9. The lowest BCUT2D eigenvalue weighted by Crippen LogP contribution is -2.32. The van der Waals surface area contributed by atoms with Crippen LogP contribution in [0.1, 0.15) is 25.0 Å². The zero-order valence-corrected chi connectivity index (χ0v) is 18.9. The zero-order chi connectivity index (χ0) is 24.2. The number of rotatable bonds is 8. The Bertz CT molecular complexity index is 1120. The lowest BCUT2D eigenvalue weighted by molar-refractivity contribution is -0.137. The van der Waals surface area contributed by atoms with Crippen molar-refractivity contribution in [2.45, 2.75) is 33.0 Å². The molecule has 2 heterocycles. The molecule has 0 spiro atoms. The third-order valence-electron chi connectivity index (χ3n) is 4.83. The number of halogens is 4. The lowest BCUT2D eigenvalue weighted by Gasteiger charge is -2.20. The maximum Gasteiger partial charge on any atom is 0.417 e. The van der Waals surface area contributed by atoms with Gasteiger partial charge in [-0.2, -0.15) is 18.3 Å². The Balaban J connectivity index is 1.76. The first-order chi connectivity index (χ1) is 15.7. The molecule has 2 aromatic heterocycles. The number of carbonyl (C=O) groups excluding carboxylic acids is 1. The van der Waals surface area contributed by atoms with E-state index in [1.54, 1.807) is 34.0 Å². The monoisotopic (exact) mass is 482 g/mol. The van der Waals surface area contributed by atoms with Crippen LogP contribution in [0, 0.1) is 0 Å². The van der Waals surface area contributed by atoms with Crippen molar-refractivity contribution in [2.75, 3.05) is 18.6 Å². The summed E-state index contributed by atoms with van der Waals surface area (Å²) in [5, 5.41) is 4.56. The number of aryl methyl sites for hydroxylation is 1. The van der Waals surface area contributed by atoms with Crippen molar-refractivity contribution < 1.29 is 27.4 Å². The molecular weight excluding hydrogens is 461 g/mol. The number of hydrogen-bond acceptors (Lipinski definition) is 5. The summed E-state index contributed by atoms with van der Waals surface area (Å²) < 4.78 is 50.6. The number of alkyl halides is 3. The summed E-state index contributed by atoms with van der Waals surface area (Å²) in [6.07, 6.45) is -2.17. The second kappa shape index (κ2) is 10.1. The van der Waals surface area contributed by atoms with E-state index in [2.05, 4.69) is 10.1 Å². The van der Waals surface area contributed by atoms with Crippen LogP contribution in [0.15, 0.2) is 42.7 Å². The van der Waals surface area contributed by atoms with Gasteiger partial charge < -0.3 is 14.4 Å². The second-order valence-electron chi connectivity index (χ2n) is 6.92. The van der Waals surface area contributed by atoms with E-state index in [0.29, 0.717) is 41.4 Å². The molecule has 0 radical (unpaired) electrons. The molecule has 0 atom stereocenters. The number of ether oxygens (including phenoxy) is 2. The topological polar surface area (TPSA) is 69.5 Å². The Morgan fingerprint density at radius 3 is 2.45 bits per heavy atom. The van der Waals surface area contributed by atoms with Gasteiger partial charge in [0.05, 0.1) is 25.3 Å². The van der Waals surface area contributed by atoms with Gasteiger partial charge in [0.15, 0.2) is 16.7 Å². The average molecular weight is 483 g/mol. The van der Waals surface area contributed by atoms with E-state index in [4.69, 9.17) is 21.1 Å². The minimum absolute atomic E-state index is 0.0233. The molecule has 0 saturated heterocycles. The Hall–Kier alpha value is -3.27. The van der Waals surface area contributed by atoms with E-state index < -0.39 is 11.7 Å². The number of methoxy groups -OCH3 is 1. The number of carbonyl (C=O) groups is 1. The number of benzene rings is 1. The second-order valence-corrected chi connectivity index (χ2v) is 7.28. The number of amides is 1. The third kappa shape index (κ3) is 5.57. The first-order valence-electron chi connectivity index (χ1n) is 10.1. The fraction of sp³-hybridized carbons (Fsp3) is 0.318. The predicted molar refractivity (Wildman–Crippen MR) is 117 cm³/mol. The van der Waals surface area contributed by atoms with Gasteiger partial charge in [-0.25, -0.2) is 4.98 Å². The fourth-order valence-corrected chi connectivity index (χ4v) is 3.45. The van der Waals surface area contributed by atoms with Gasteiger partial charge in [-0.1, -0.05) is 17.7 Å². The van der Waals surface area contributed by atoms with E-state index in [1.807, 2.05) is 13.8 Å². The normalized spacial score (nSPS) is 11.4. The highest BCUT2D eigenvalue weighted by Crippen LogP contribution is 2.34. The molecular formula is C22H22ClF3N4O3. The Labute approximate surface area is 193 Å². The summed E-state index contributed by atoms with van der Waals surface area (Å²) in [7, 11) is 1.42. The smallest absolute Gasteiger partial charge is 0.417 e. The first-order valence-corrected chi connectivity index (χ1v) is 10.4. The van der Waals surface area contributed by atoms with E-state index in [-0.39, 0.29) is 24.0 Å². The SMILES string of the molecule is CCN(C(=O)Cc1ccc(Oc2ccc(C(F)(F)F)cn2)c(OC)c1)c1cnn(CC)c1Cl. The molecule has 3 rings (SSSR count). The van der Waals surface area contributed by atoms with Gasteiger partial charge in [0.2, 0.25) is 11.8 Å². The van der Waals surface area contributed by atoms with Gasteiger partial charge in [-0.05, 0) is 37.6 Å². The van der Waals surface area contributed by atoms with Gasteiger partial charge in [0, 0.05) is 25.4 Å². The van der Waals surface area contributed by atoms with E-state index in [1.165, 1.54) is 7.11 Å². The molecule has 0 unspecified atom stereocenters. The van der Waals surface area contributed by atoms with Crippen LogP contribution in [0.2, 0.25) is 5.15 Å². The highest BCUT2D eigenvalue weighted by molar-refractivity contribution is 6.32. The molecule has 1 aromatic carbocycles. The Morgan fingerprint density at radius 1 is 1.15 bits per heavy atom. The molecule has 7 nitrogen and oxygen atoms in total. The molecule has 0 aliphatic carbocycles. The van der Waals surface area contributed by atoms with Crippen LogP contribution < -0.4 is 14.4 Å². The molecule has 176 valence electrons. The van der Waals surface area contributed by atoms with Crippen LogP contribution in [0.5, 0.6) is 17.4 Å². The molecule has 0 N–H and O–H groups in total. The minimum atomic E-state index is -4.48. The summed E-state index contributed by atoms with van der Waals surface area (Å²) in [6.45, 7) is 4.73. The van der Waals surface area contributed by atoms with Gasteiger partial charge >= 0.3 is 6.18 Å². The Kier molecular flexibility index (Phi) is 7.47. The van der Waals surface area contributed by atoms with E-state index in [0.717, 1.165) is 12.1 Å². The van der Waals surface area contributed by atoms with Gasteiger partial charge in [0.1, 0.15) is 5.69 Å². The lowest BCUT2D eigenvalue weighted by atomic mass is 10.1. The average Bonchev–Trinajstić information content (AvgIpc) is 3.15. The predicted octanol–water partition coefficient (Wildman–Crippen LogP) is 5.37. The van der Waals surface area contributed by atoms with Crippen molar-refractivity contribution in [3.05, 3.63) is 59.0 Å². The number of hydrogen-bond donors (Lipinski definition) is 0. The molecule has 33 heavy (non-hydrogen) atoms. The van der Waals surface area contributed by atoms with Crippen molar-refractivity contribution in [1.82, 2.24) is 14.8 Å². The summed E-state index contributed by atoms with van der Waals surface area (Å²) in [6, 6.07) is 6.87. The van der Waals surface area contributed by atoms with Crippen LogP contribution >= 0.6 is 11.6 Å². The van der Waals surface area contributed by atoms with Crippen molar-refractivity contribution in [3.8, 4) is 17.4 Å². The third-order valence-corrected chi connectivity index (χ3v) is 5.22. The fourth-order valence-electron chi connectivity index (χ4n) is 3.14. The van der Waals surface area contributed by atoms with Crippen LogP contribution in [0.3, 0.4) is 0 Å². The standard InChI is InChI=1S/C22H22ClF3N4O3/c1-4-29(16-13-28-30(5-2)21(16)23)20(31)11-14-6-8-17(18(10-14)32-3)33-19-9-7-15(12-27-19)22(24,25)26/h6-10,12-13H,4-5,11H2,1-3H3. The highest BCUT2D eigenvalue weighted by Gasteiger charge is 2.30. The summed E-state index contributed by atoms with van der Waals surface area (Å²) in [4.78, 5) is 18.2. The first kappa shape index (κ1) is 24.4. The van der Waals surface area contributed by atoms with Crippen LogP contribution in [-0.2, 0) is 23.9 Å². The summed E-state index contributed by atoms with van der Waals surface area (Å²) in [5.74, 6) is 0.350. The molecule has 1 amide bonds. The quantitative estimate of drug-likeness (QED) is 0.432. The molecule has 0 bridgehead atoms. The molecule has 0 aliphatic rings. The largest absolute Gasteiger partial charge is 0.493 e. The van der Waals surface area contributed by atoms with Crippen LogP contribution in [-0.4, -0.2) is 34.3 Å². The van der Waals surface area contributed by atoms with Crippen LogP contribution in [0.25, 0.3) is 0 Å². The molecule has 0 fully saturated rings. The summed E-state index contributed by atoms with van der Waals surface area (Å²) >= 11 is 6.33. The molecule has 11 heteroatoms. The van der Waals surface area contributed by atoms with E-state index >= 15 is 0 Å². The van der Waals surface area contributed by atoms with Gasteiger partial charge in [0.25, 0.3) is 0 Å². The Morgan fingerprint density at radius 2 is 1.91 bits per heavy atom. The van der Waals surface area contributed by atoms with Crippen molar-refractivity contribution >= 4 is 23.2 Å². The van der Waals surface area contributed by atoms with Crippen molar-refractivity contribution in [1.29, 1.82) is 0 Å². The minimum Gasteiger partial charge on any atom is -0.493 e. The highest BCUT2D eigenvalue weighted by atomic mass is 35.5. The number of anilines is 1. The molecule has 0 saturated carbocycles. The zero-order valence-electron chi connectivity index (χ0n) is 18.2. The number of aromatic nitrogens is 3. The van der Waals surface area contributed by atoms with Crippen molar-refractivity contribution in [2.24, 2.45) is 0 Å². The molecule has 0 aliphatic heterocycles. The van der Waals surface area contributed by atoms with Crippen LogP contribution in [0.4, 0.5) is 18.9 Å². The van der Waals surface area contributed by atoms with E-state index in [9.17, 15) is 18.0 Å². The van der Waals surface area contributed by atoms with Gasteiger partial charge in [-0.15, -0.1) is 0 Å². The number of nitrogens with zero attached hydrogens (tertiary/aromatic N) is 4.